The number of rotatable bonds is 3. The van der Waals surface area contributed by atoms with Gasteiger partial charge in [-0.3, -0.25) is 4.79 Å². The predicted molar refractivity (Wildman–Crippen MR) is 79.6 cm³/mol. The first-order chi connectivity index (χ1) is 9.47. The number of imidazole rings is 1. The van der Waals surface area contributed by atoms with Crippen molar-refractivity contribution in [3.8, 4) is 0 Å². The Balaban J connectivity index is 1.81. The molecule has 0 saturated heterocycles. The van der Waals surface area contributed by atoms with E-state index in [1.54, 1.807) is 6.33 Å². The molecule has 0 unspecified atom stereocenters. The summed E-state index contributed by atoms with van der Waals surface area (Å²) in [6.45, 7) is 4.24. The van der Waals surface area contributed by atoms with E-state index in [2.05, 4.69) is 24.1 Å². The molecule has 1 aromatic carbocycles. The van der Waals surface area contributed by atoms with Crippen molar-refractivity contribution in [2.75, 3.05) is 0 Å². The summed E-state index contributed by atoms with van der Waals surface area (Å²) in [6.07, 6.45) is 5.48. The molecular formula is C16H21N3O. The van der Waals surface area contributed by atoms with Crippen LogP contribution >= 0.6 is 0 Å². The zero-order valence-electron chi connectivity index (χ0n) is 12.3. The van der Waals surface area contributed by atoms with E-state index in [-0.39, 0.29) is 11.4 Å². The number of nitrogens with zero attached hydrogens (tertiary/aromatic N) is 2. The molecule has 2 aromatic rings. The molecule has 4 heteroatoms. The number of aryl methyl sites for hydroxylation is 1. The van der Waals surface area contributed by atoms with Crippen molar-refractivity contribution in [1.29, 1.82) is 0 Å². The summed E-state index contributed by atoms with van der Waals surface area (Å²) < 4.78 is 1.95. The molecule has 106 valence electrons. The van der Waals surface area contributed by atoms with Gasteiger partial charge in [0.05, 0.1) is 17.4 Å². The van der Waals surface area contributed by atoms with Crippen LogP contribution in [0.25, 0.3) is 11.0 Å². The third-order valence-corrected chi connectivity index (χ3v) is 4.55. The number of nitrogens with one attached hydrogen (secondary N) is 1. The lowest BCUT2D eigenvalue weighted by Gasteiger charge is -2.41. The number of benzene rings is 1. The van der Waals surface area contributed by atoms with E-state index in [1.165, 1.54) is 19.3 Å². The van der Waals surface area contributed by atoms with Gasteiger partial charge in [0.25, 0.3) is 5.91 Å². The Hall–Kier alpha value is -1.84. The van der Waals surface area contributed by atoms with Gasteiger partial charge in [0.2, 0.25) is 0 Å². The molecule has 0 radical (unpaired) electrons. The molecule has 1 aliphatic carbocycles. The monoisotopic (exact) mass is 271 g/mol. The summed E-state index contributed by atoms with van der Waals surface area (Å²) in [7, 11) is 1.95. The van der Waals surface area contributed by atoms with Crippen LogP contribution in [0.15, 0.2) is 24.5 Å². The number of aromatic nitrogens is 2. The zero-order chi connectivity index (χ0) is 14.3. The molecule has 1 heterocycles. The van der Waals surface area contributed by atoms with Gasteiger partial charge < -0.3 is 9.88 Å². The Labute approximate surface area is 119 Å². The number of carbonyl (C=O) groups is 1. The first kappa shape index (κ1) is 13.2. The number of hydrogen-bond donors (Lipinski definition) is 1. The molecule has 0 aliphatic heterocycles. The lowest BCUT2D eigenvalue weighted by Crippen LogP contribution is -2.51. The number of hydrogen-bond acceptors (Lipinski definition) is 2. The maximum atomic E-state index is 12.4. The predicted octanol–water partition coefficient (Wildman–Crippen LogP) is 2.88. The summed E-state index contributed by atoms with van der Waals surface area (Å²) >= 11 is 0. The van der Waals surface area contributed by atoms with Crippen molar-refractivity contribution in [3.05, 3.63) is 30.1 Å². The Kier molecular flexibility index (Phi) is 3.04. The molecule has 4 nitrogen and oxygen atoms in total. The lowest BCUT2D eigenvalue weighted by atomic mass is 9.72. The van der Waals surface area contributed by atoms with Crippen molar-refractivity contribution >= 4 is 16.9 Å². The first-order valence-electron chi connectivity index (χ1n) is 7.21. The van der Waals surface area contributed by atoms with E-state index in [1.807, 2.05) is 29.8 Å². The van der Waals surface area contributed by atoms with E-state index >= 15 is 0 Å². The number of carbonyl (C=O) groups excluding carboxylic acids is 1. The van der Waals surface area contributed by atoms with Gasteiger partial charge in [0.1, 0.15) is 0 Å². The minimum atomic E-state index is -0.131. The van der Waals surface area contributed by atoms with Crippen molar-refractivity contribution in [2.45, 2.75) is 38.6 Å². The third-order valence-electron chi connectivity index (χ3n) is 4.55. The summed E-state index contributed by atoms with van der Waals surface area (Å²) in [5, 5.41) is 3.17. The molecule has 0 spiro atoms. The fourth-order valence-electron chi connectivity index (χ4n) is 2.87. The van der Waals surface area contributed by atoms with Gasteiger partial charge >= 0.3 is 0 Å². The SMILES string of the molecule is Cn1cnc2cc(C(=O)NC(C)(C)C3CCC3)ccc21. The first-order valence-corrected chi connectivity index (χ1v) is 7.21. The van der Waals surface area contributed by atoms with Gasteiger partial charge in [-0.05, 0) is 50.8 Å². The van der Waals surface area contributed by atoms with Gasteiger partial charge in [-0.25, -0.2) is 4.98 Å². The maximum absolute atomic E-state index is 12.4. The van der Waals surface area contributed by atoms with Crippen molar-refractivity contribution in [2.24, 2.45) is 13.0 Å². The van der Waals surface area contributed by atoms with Gasteiger partial charge in [0, 0.05) is 18.2 Å². The van der Waals surface area contributed by atoms with E-state index in [9.17, 15) is 4.79 Å². The summed E-state index contributed by atoms with van der Waals surface area (Å²) in [4.78, 5) is 16.7. The van der Waals surface area contributed by atoms with Gasteiger partial charge in [-0.15, -0.1) is 0 Å². The largest absolute Gasteiger partial charge is 0.347 e. The van der Waals surface area contributed by atoms with E-state index in [0.717, 1.165) is 11.0 Å². The molecule has 0 atom stereocenters. The molecule has 0 bridgehead atoms. The Bertz CT molecular complexity index is 653. The molecule has 1 aliphatic rings. The van der Waals surface area contributed by atoms with Gasteiger partial charge in [-0.1, -0.05) is 6.42 Å². The molecule has 1 aromatic heterocycles. The normalized spacial score (nSPS) is 16.1. The summed E-state index contributed by atoms with van der Waals surface area (Å²) in [5.41, 5.74) is 2.46. The van der Waals surface area contributed by atoms with E-state index < -0.39 is 0 Å². The fourth-order valence-corrected chi connectivity index (χ4v) is 2.87. The van der Waals surface area contributed by atoms with Crippen molar-refractivity contribution < 1.29 is 4.79 Å². The van der Waals surface area contributed by atoms with Crippen LogP contribution in [0.3, 0.4) is 0 Å². The van der Waals surface area contributed by atoms with Crippen LogP contribution in [-0.4, -0.2) is 21.0 Å². The highest BCUT2D eigenvalue weighted by atomic mass is 16.1. The third kappa shape index (κ3) is 2.19. The Morgan fingerprint density at radius 3 is 2.80 bits per heavy atom. The molecule has 1 N–H and O–H groups in total. The van der Waals surface area contributed by atoms with Crippen LogP contribution in [-0.2, 0) is 7.05 Å². The second kappa shape index (κ2) is 4.62. The Morgan fingerprint density at radius 2 is 2.15 bits per heavy atom. The van der Waals surface area contributed by atoms with Crippen LogP contribution in [0, 0.1) is 5.92 Å². The highest BCUT2D eigenvalue weighted by Crippen LogP contribution is 2.35. The molecule has 3 rings (SSSR count). The second-order valence-corrected chi connectivity index (χ2v) is 6.36. The summed E-state index contributed by atoms with van der Waals surface area (Å²) in [5.74, 6) is 0.597. The van der Waals surface area contributed by atoms with Crippen LogP contribution in [0.5, 0.6) is 0 Å². The minimum absolute atomic E-state index is 0.00514. The molecule has 1 fully saturated rings. The smallest absolute Gasteiger partial charge is 0.251 e. The average molecular weight is 271 g/mol. The zero-order valence-corrected chi connectivity index (χ0v) is 12.3. The van der Waals surface area contributed by atoms with E-state index in [4.69, 9.17) is 0 Å². The second-order valence-electron chi connectivity index (χ2n) is 6.36. The maximum Gasteiger partial charge on any atom is 0.251 e. The molecular weight excluding hydrogens is 250 g/mol. The Morgan fingerprint density at radius 1 is 1.40 bits per heavy atom. The van der Waals surface area contributed by atoms with Crippen LogP contribution in [0.4, 0.5) is 0 Å². The minimum Gasteiger partial charge on any atom is -0.347 e. The highest BCUT2D eigenvalue weighted by molar-refractivity contribution is 5.97. The highest BCUT2D eigenvalue weighted by Gasteiger charge is 2.35. The average Bonchev–Trinajstić information content (AvgIpc) is 2.67. The van der Waals surface area contributed by atoms with Crippen LogP contribution in [0.2, 0.25) is 0 Å². The number of amides is 1. The number of fused-ring (bicyclic) bond motifs is 1. The van der Waals surface area contributed by atoms with E-state index in [0.29, 0.717) is 11.5 Å². The van der Waals surface area contributed by atoms with Crippen LogP contribution < -0.4 is 5.32 Å². The lowest BCUT2D eigenvalue weighted by molar-refractivity contribution is 0.0826. The molecule has 1 amide bonds. The van der Waals surface area contributed by atoms with Gasteiger partial charge in [-0.2, -0.15) is 0 Å². The van der Waals surface area contributed by atoms with Crippen molar-refractivity contribution in [1.82, 2.24) is 14.9 Å². The fraction of sp³-hybridized carbons (Fsp3) is 0.500. The summed E-state index contributed by atoms with van der Waals surface area (Å²) in [6, 6.07) is 5.69. The van der Waals surface area contributed by atoms with Gasteiger partial charge in [0.15, 0.2) is 0 Å². The van der Waals surface area contributed by atoms with Crippen LogP contribution in [0.1, 0.15) is 43.5 Å². The van der Waals surface area contributed by atoms with Crippen molar-refractivity contribution in [3.63, 3.8) is 0 Å². The standard InChI is InChI=1S/C16H21N3O/c1-16(2,12-5-4-6-12)18-15(20)11-7-8-14-13(9-11)17-10-19(14)3/h7-10,12H,4-6H2,1-3H3,(H,18,20). The molecule has 20 heavy (non-hydrogen) atoms. The molecule has 1 saturated carbocycles. The topological polar surface area (TPSA) is 46.9 Å². The quantitative estimate of drug-likeness (QED) is 0.933.